The van der Waals surface area contributed by atoms with Gasteiger partial charge in [-0.3, -0.25) is 0 Å². The van der Waals surface area contributed by atoms with E-state index in [-0.39, 0.29) is 12.1 Å². The standard InChI is InChI=1S/C40H41N2/c1-27(2)34-22-15-16-29(4)38(34)42-26-41(36-23-14-13-21-35(36)37-30(5)24-28(3)25-31(37)6)39(32-17-9-7-10-18-32)40(42)33-19-11-8-12-20-33/h7-27,39-40H,1-6H3/q+1/t39-,40-/m0/s1. The molecule has 0 spiro atoms. The summed E-state index contributed by atoms with van der Waals surface area (Å²) >= 11 is 0. The molecule has 42 heavy (non-hydrogen) atoms. The van der Waals surface area contributed by atoms with Gasteiger partial charge in [-0.1, -0.05) is 129 Å². The Morgan fingerprint density at radius 2 is 1.21 bits per heavy atom. The van der Waals surface area contributed by atoms with Crippen LogP contribution < -0.4 is 4.90 Å². The first-order chi connectivity index (χ1) is 20.3. The van der Waals surface area contributed by atoms with Gasteiger partial charge in [0.2, 0.25) is 6.34 Å². The molecule has 0 fully saturated rings. The average molecular weight is 550 g/mol. The molecule has 0 aromatic heterocycles. The third-order valence-corrected chi connectivity index (χ3v) is 8.71. The summed E-state index contributed by atoms with van der Waals surface area (Å²) in [6.45, 7) is 13.5. The number of benzene rings is 5. The van der Waals surface area contributed by atoms with Crippen molar-refractivity contribution in [3.8, 4) is 11.1 Å². The van der Waals surface area contributed by atoms with Crippen molar-refractivity contribution in [1.29, 1.82) is 0 Å². The Labute approximate surface area is 251 Å². The van der Waals surface area contributed by atoms with Gasteiger partial charge in [0.15, 0.2) is 12.1 Å². The van der Waals surface area contributed by atoms with Crippen LogP contribution in [0.3, 0.4) is 0 Å². The van der Waals surface area contributed by atoms with Gasteiger partial charge >= 0.3 is 0 Å². The summed E-state index contributed by atoms with van der Waals surface area (Å²) in [7, 11) is 0. The molecule has 0 aliphatic carbocycles. The molecule has 2 nitrogen and oxygen atoms in total. The fraction of sp³-hybridized carbons (Fsp3) is 0.225. The zero-order chi connectivity index (χ0) is 29.4. The van der Waals surface area contributed by atoms with Crippen LogP contribution in [0, 0.1) is 27.7 Å². The molecule has 0 radical (unpaired) electrons. The van der Waals surface area contributed by atoms with Crippen LogP contribution in [0.25, 0.3) is 11.1 Å². The summed E-state index contributed by atoms with van der Waals surface area (Å²) in [5, 5.41) is 0. The Kier molecular flexibility index (Phi) is 7.56. The van der Waals surface area contributed by atoms with Crippen molar-refractivity contribution in [2.75, 3.05) is 4.90 Å². The Morgan fingerprint density at radius 3 is 1.86 bits per heavy atom. The third-order valence-electron chi connectivity index (χ3n) is 8.71. The highest BCUT2D eigenvalue weighted by Gasteiger charge is 2.47. The summed E-state index contributed by atoms with van der Waals surface area (Å²) in [4.78, 5) is 2.54. The van der Waals surface area contributed by atoms with Gasteiger partial charge in [0.25, 0.3) is 0 Å². The predicted octanol–water partition coefficient (Wildman–Crippen LogP) is 10.4. The minimum absolute atomic E-state index is 0.0698. The maximum atomic E-state index is 2.56. The lowest BCUT2D eigenvalue weighted by atomic mass is 9.89. The van der Waals surface area contributed by atoms with Crippen LogP contribution in [-0.2, 0) is 0 Å². The second kappa shape index (κ2) is 11.4. The Morgan fingerprint density at radius 1 is 0.619 bits per heavy atom. The molecule has 0 N–H and O–H groups in total. The van der Waals surface area contributed by atoms with Gasteiger partial charge in [-0.25, -0.2) is 9.48 Å². The molecule has 210 valence electrons. The van der Waals surface area contributed by atoms with E-state index < -0.39 is 0 Å². The lowest BCUT2D eigenvalue weighted by Gasteiger charge is -2.26. The van der Waals surface area contributed by atoms with Crippen LogP contribution in [0.15, 0.2) is 115 Å². The van der Waals surface area contributed by atoms with Crippen molar-refractivity contribution < 1.29 is 4.58 Å². The lowest BCUT2D eigenvalue weighted by molar-refractivity contribution is -0.482. The van der Waals surface area contributed by atoms with Gasteiger partial charge < -0.3 is 0 Å². The predicted molar refractivity (Wildman–Crippen MR) is 178 cm³/mol. The maximum Gasteiger partial charge on any atom is 0.245 e. The van der Waals surface area contributed by atoms with E-state index in [2.05, 4.69) is 173 Å². The summed E-state index contributed by atoms with van der Waals surface area (Å²) in [5.41, 5.74) is 14.3. The van der Waals surface area contributed by atoms with Gasteiger partial charge in [0, 0.05) is 22.3 Å². The highest BCUT2D eigenvalue weighted by Crippen LogP contribution is 2.49. The quantitative estimate of drug-likeness (QED) is 0.191. The zero-order valence-corrected chi connectivity index (χ0v) is 25.7. The molecule has 6 rings (SSSR count). The Balaban J connectivity index is 1.66. The van der Waals surface area contributed by atoms with Gasteiger partial charge in [-0.2, -0.15) is 0 Å². The number of hydrogen-bond donors (Lipinski definition) is 0. The minimum atomic E-state index is 0.0698. The largest absolute Gasteiger partial charge is 0.245 e. The Hall–Kier alpha value is -4.43. The Bertz CT molecular complexity index is 1720. The first-order valence-electron chi connectivity index (χ1n) is 15.1. The first-order valence-corrected chi connectivity index (χ1v) is 15.1. The molecule has 5 aromatic rings. The van der Waals surface area contributed by atoms with E-state index in [4.69, 9.17) is 0 Å². The van der Waals surface area contributed by atoms with Crippen LogP contribution in [0.5, 0.6) is 0 Å². The van der Waals surface area contributed by atoms with Gasteiger partial charge in [0.1, 0.15) is 11.4 Å². The topological polar surface area (TPSA) is 6.25 Å². The normalized spacial score (nSPS) is 16.6. The second-order valence-electron chi connectivity index (χ2n) is 12.1. The minimum Gasteiger partial charge on any atom is -0.221 e. The summed E-state index contributed by atoms with van der Waals surface area (Å²) in [6.07, 6.45) is 2.39. The van der Waals surface area contributed by atoms with E-state index in [1.54, 1.807) is 0 Å². The summed E-state index contributed by atoms with van der Waals surface area (Å²) in [5.74, 6) is 0.402. The fourth-order valence-electron chi connectivity index (χ4n) is 6.99. The summed E-state index contributed by atoms with van der Waals surface area (Å²) in [6, 6.07) is 42.6. The highest BCUT2D eigenvalue weighted by molar-refractivity contribution is 5.91. The molecule has 0 saturated carbocycles. The number of rotatable bonds is 6. The molecule has 1 heterocycles. The van der Waals surface area contributed by atoms with Crippen LogP contribution in [0.2, 0.25) is 0 Å². The number of hydrogen-bond acceptors (Lipinski definition) is 1. The van der Waals surface area contributed by atoms with Crippen molar-refractivity contribution in [1.82, 2.24) is 0 Å². The average Bonchev–Trinajstić information content (AvgIpc) is 3.37. The van der Waals surface area contributed by atoms with Crippen LogP contribution in [-0.4, -0.2) is 10.9 Å². The van der Waals surface area contributed by atoms with Crippen molar-refractivity contribution >= 4 is 17.7 Å². The van der Waals surface area contributed by atoms with E-state index in [1.165, 1.54) is 61.4 Å². The molecular formula is C40H41N2+. The van der Waals surface area contributed by atoms with E-state index in [0.717, 1.165) is 0 Å². The van der Waals surface area contributed by atoms with Crippen molar-refractivity contribution in [2.45, 2.75) is 59.5 Å². The molecule has 1 aliphatic heterocycles. The summed E-state index contributed by atoms with van der Waals surface area (Å²) < 4.78 is 2.56. The molecule has 5 aromatic carbocycles. The maximum absolute atomic E-state index is 2.56. The fourth-order valence-corrected chi connectivity index (χ4v) is 6.99. The van der Waals surface area contributed by atoms with E-state index in [0.29, 0.717) is 5.92 Å². The van der Waals surface area contributed by atoms with Crippen LogP contribution in [0.4, 0.5) is 11.4 Å². The highest BCUT2D eigenvalue weighted by atomic mass is 15.3. The van der Waals surface area contributed by atoms with E-state index in [9.17, 15) is 0 Å². The lowest BCUT2D eigenvalue weighted by Crippen LogP contribution is -2.26. The first kappa shape index (κ1) is 27.7. The molecule has 2 atom stereocenters. The smallest absolute Gasteiger partial charge is 0.221 e. The van der Waals surface area contributed by atoms with Gasteiger partial charge in [-0.15, -0.1) is 0 Å². The number of aryl methyl sites for hydroxylation is 4. The number of nitrogens with zero attached hydrogens (tertiary/aromatic N) is 2. The van der Waals surface area contributed by atoms with Crippen molar-refractivity contribution in [3.63, 3.8) is 0 Å². The van der Waals surface area contributed by atoms with Crippen LogP contribution >= 0.6 is 0 Å². The second-order valence-corrected chi connectivity index (χ2v) is 12.1. The van der Waals surface area contributed by atoms with Gasteiger partial charge in [-0.05, 0) is 61.9 Å². The molecule has 1 aliphatic rings. The van der Waals surface area contributed by atoms with Gasteiger partial charge in [0.05, 0.1) is 0 Å². The number of anilines is 1. The molecule has 0 saturated heterocycles. The third kappa shape index (κ3) is 4.96. The van der Waals surface area contributed by atoms with E-state index >= 15 is 0 Å². The molecule has 0 unspecified atom stereocenters. The number of para-hydroxylation sites is 2. The molecule has 2 heteroatoms. The molecule has 0 amide bonds. The SMILES string of the molecule is Cc1cc(C)c(-c2ccccc2N2C=[N+](c3c(C)cccc3C(C)C)[C@@H](c3ccccc3)[C@@H]2c2ccccc2)c(C)c1. The molecular weight excluding hydrogens is 508 g/mol. The molecule has 0 bridgehead atoms. The van der Waals surface area contributed by atoms with Crippen molar-refractivity contribution in [2.24, 2.45) is 0 Å². The monoisotopic (exact) mass is 549 g/mol. The zero-order valence-electron chi connectivity index (χ0n) is 25.7. The van der Waals surface area contributed by atoms with Crippen molar-refractivity contribution in [3.05, 3.63) is 154 Å². The van der Waals surface area contributed by atoms with E-state index in [1.807, 2.05) is 0 Å². The van der Waals surface area contributed by atoms with Crippen LogP contribution in [0.1, 0.15) is 70.8 Å².